The van der Waals surface area contributed by atoms with Crippen molar-refractivity contribution >= 4 is 37.5 Å². The summed E-state index contributed by atoms with van der Waals surface area (Å²) in [5, 5.41) is 8.54. The van der Waals surface area contributed by atoms with E-state index in [-0.39, 0.29) is 0 Å². The fourth-order valence-electron chi connectivity index (χ4n) is 3.62. The Morgan fingerprint density at radius 3 is 2.50 bits per heavy atom. The van der Waals surface area contributed by atoms with Gasteiger partial charge in [-0.05, 0) is 42.8 Å². The van der Waals surface area contributed by atoms with Gasteiger partial charge >= 0.3 is 0 Å². The smallest absolute Gasteiger partial charge is 0.249 e. The second-order valence-electron chi connectivity index (χ2n) is 6.71. The standard InChI is InChI=1S/C22H14N4OS/c1-13-7-5-11-16-18(13)23-22-26(16)17-12-6-10-15(19(17)28-22)21-25-24-20(27-21)14-8-3-2-4-9-14/h2-12H,1H3. The number of nitrogens with zero attached hydrogens (tertiary/aromatic N) is 4. The molecule has 28 heavy (non-hydrogen) atoms. The molecule has 0 spiro atoms. The van der Waals surface area contributed by atoms with Gasteiger partial charge < -0.3 is 4.42 Å². The van der Waals surface area contributed by atoms with E-state index in [2.05, 4.69) is 45.8 Å². The predicted octanol–water partition coefficient (Wildman–Crippen LogP) is 5.73. The SMILES string of the molecule is Cc1cccc2c1nc1sc3c(-c4nnc(-c5ccccc5)o4)cccc3n12. The third kappa shape index (κ3) is 2.15. The Morgan fingerprint density at radius 1 is 0.821 bits per heavy atom. The highest BCUT2D eigenvalue weighted by atomic mass is 32.1. The summed E-state index contributed by atoms with van der Waals surface area (Å²) >= 11 is 1.65. The average molecular weight is 382 g/mol. The van der Waals surface area contributed by atoms with E-state index < -0.39 is 0 Å². The van der Waals surface area contributed by atoms with Crippen molar-refractivity contribution in [1.29, 1.82) is 0 Å². The van der Waals surface area contributed by atoms with Crippen molar-refractivity contribution in [1.82, 2.24) is 19.6 Å². The third-order valence-electron chi connectivity index (χ3n) is 4.96. The highest BCUT2D eigenvalue weighted by Gasteiger charge is 2.18. The molecule has 0 radical (unpaired) electrons. The van der Waals surface area contributed by atoms with Gasteiger partial charge in [-0.2, -0.15) is 0 Å². The molecule has 0 aliphatic rings. The van der Waals surface area contributed by atoms with Gasteiger partial charge in [0.05, 0.1) is 26.8 Å². The highest BCUT2D eigenvalue weighted by molar-refractivity contribution is 7.24. The number of imidazole rings is 1. The van der Waals surface area contributed by atoms with Crippen LogP contribution >= 0.6 is 11.3 Å². The summed E-state index contributed by atoms with van der Waals surface area (Å²) in [5.41, 5.74) is 6.30. The molecule has 0 atom stereocenters. The molecule has 6 heteroatoms. The van der Waals surface area contributed by atoms with Crippen molar-refractivity contribution in [2.75, 3.05) is 0 Å². The van der Waals surface area contributed by atoms with Gasteiger partial charge in [0.1, 0.15) is 0 Å². The second kappa shape index (κ2) is 5.74. The minimum Gasteiger partial charge on any atom is -0.416 e. The monoisotopic (exact) mass is 382 g/mol. The molecule has 134 valence electrons. The minimum absolute atomic E-state index is 0.523. The van der Waals surface area contributed by atoms with E-state index in [9.17, 15) is 0 Å². The molecule has 6 rings (SSSR count). The molecular formula is C22H14N4OS. The maximum absolute atomic E-state index is 6.00. The second-order valence-corrected chi connectivity index (χ2v) is 7.68. The zero-order chi connectivity index (χ0) is 18.7. The van der Waals surface area contributed by atoms with E-state index in [4.69, 9.17) is 9.40 Å². The summed E-state index contributed by atoms with van der Waals surface area (Å²) in [4.78, 5) is 5.82. The Hall–Kier alpha value is -3.51. The number of thiazole rings is 1. The first-order valence-corrected chi connectivity index (χ1v) is 9.80. The lowest BCUT2D eigenvalue weighted by atomic mass is 10.2. The van der Waals surface area contributed by atoms with Gasteiger partial charge in [-0.1, -0.05) is 47.7 Å². The lowest BCUT2D eigenvalue weighted by molar-refractivity contribution is 0.585. The lowest BCUT2D eigenvalue weighted by Gasteiger charge is -1.99. The summed E-state index contributed by atoms with van der Waals surface area (Å²) in [5.74, 6) is 1.05. The summed E-state index contributed by atoms with van der Waals surface area (Å²) in [6.07, 6.45) is 0. The molecular weight excluding hydrogens is 368 g/mol. The maximum Gasteiger partial charge on any atom is 0.249 e. The van der Waals surface area contributed by atoms with Crippen LogP contribution in [0.3, 0.4) is 0 Å². The molecule has 0 amide bonds. The third-order valence-corrected chi connectivity index (χ3v) is 6.05. The van der Waals surface area contributed by atoms with Crippen molar-refractivity contribution in [2.45, 2.75) is 6.92 Å². The summed E-state index contributed by atoms with van der Waals surface area (Å²) < 4.78 is 9.30. The van der Waals surface area contributed by atoms with Gasteiger partial charge in [0.25, 0.3) is 0 Å². The fourth-order valence-corrected chi connectivity index (χ4v) is 4.75. The zero-order valence-corrected chi connectivity index (χ0v) is 15.8. The van der Waals surface area contributed by atoms with Gasteiger partial charge in [-0.25, -0.2) is 4.98 Å². The van der Waals surface area contributed by atoms with Crippen LogP contribution < -0.4 is 0 Å². The number of benzene rings is 3. The average Bonchev–Trinajstić information content (AvgIpc) is 3.43. The molecule has 3 heterocycles. The van der Waals surface area contributed by atoms with Crippen LogP contribution in [-0.4, -0.2) is 19.6 Å². The van der Waals surface area contributed by atoms with E-state index in [1.807, 2.05) is 42.5 Å². The fraction of sp³-hybridized carbons (Fsp3) is 0.0455. The van der Waals surface area contributed by atoms with E-state index >= 15 is 0 Å². The molecule has 0 N–H and O–H groups in total. The zero-order valence-electron chi connectivity index (χ0n) is 15.0. The molecule has 0 saturated heterocycles. The summed E-state index contributed by atoms with van der Waals surface area (Å²) in [6.45, 7) is 2.09. The Kier molecular flexibility index (Phi) is 3.19. The van der Waals surface area contributed by atoms with Crippen LogP contribution in [0, 0.1) is 6.92 Å². The number of hydrogen-bond acceptors (Lipinski definition) is 5. The molecule has 0 unspecified atom stereocenters. The van der Waals surface area contributed by atoms with Gasteiger partial charge in [-0.15, -0.1) is 10.2 Å². The number of fused-ring (bicyclic) bond motifs is 5. The van der Waals surface area contributed by atoms with Crippen molar-refractivity contribution < 1.29 is 4.42 Å². The molecule has 0 aliphatic heterocycles. The topological polar surface area (TPSA) is 56.2 Å². The normalized spacial score (nSPS) is 11.8. The van der Waals surface area contributed by atoms with Crippen LogP contribution in [0.2, 0.25) is 0 Å². The Labute approximate surface area is 163 Å². The van der Waals surface area contributed by atoms with Crippen LogP contribution in [0.15, 0.2) is 71.1 Å². The number of para-hydroxylation sites is 1. The first kappa shape index (κ1) is 15.5. The molecule has 0 fully saturated rings. The number of rotatable bonds is 2. The largest absolute Gasteiger partial charge is 0.416 e. The Morgan fingerprint density at radius 2 is 1.61 bits per heavy atom. The molecule has 3 aromatic carbocycles. The van der Waals surface area contributed by atoms with Gasteiger partial charge in [0, 0.05) is 5.56 Å². The lowest BCUT2D eigenvalue weighted by Crippen LogP contribution is -1.83. The van der Waals surface area contributed by atoms with Crippen molar-refractivity contribution in [3.8, 4) is 22.9 Å². The van der Waals surface area contributed by atoms with Gasteiger partial charge in [0.15, 0.2) is 4.96 Å². The number of aromatic nitrogens is 4. The van der Waals surface area contributed by atoms with Crippen molar-refractivity contribution in [3.05, 3.63) is 72.3 Å². The van der Waals surface area contributed by atoms with Crippen LogP contribution in [-0.2, 0) is 0 Å². The van der Waals surface area contributed by atoms with E-state index in [1.54, 1.807) is 11.3 Å². The van der Waals surface area contributed by atoms with Crippen molar-refractivity contribution in [3.63, 3.8) is 0 Å². The molecule has 6 aromatic rings. The first-order chi connectivity index (χ1) is 13.8. The molecule has 3 aromatic heterocycles. The first-order valence-electron chi connectivity index (χ1n) is 8.98. The van der Waals surface area contributed by atoms with Crippen LogP contribution in [0.25, 0.3) is 49.1 Å². The Balaban J connectivity index is 1.59. The van der Waals surface area contributed by atoms with Crippen LogP contribution in [0.5, 0.6) is 0 Å². The summed E-state index contributed by atoms with van der Waals surface area (Å²) in [7, 11) is 0. The highest BCUT2D eigenvalue weighted by Crippen LogP contribution is 2.37. The minimum atomic E-state index is 0.523. The molecule has 0 aliphatic carbocycles. The van der Waals surface area contributed by atoms with E-state index in [1.165, 1.54) is 5.56 Å². The van der Waals surface area contributed by atoms with Crippen molar-refractivity contribution in [2.24, 2.45) is 0 Å². The molecule has 0 bridgehead atoms. The maximum atomic E-state index is 6.00. The van der Waals surface area contributed by atoms with Crippen LogP contribution in [0.1, 0.15) is 5.56 Å². The van der Waals surface area contributed by atoms with Gasteiger partial charge in [0.2, 0.25) is 11.8 Å². The van der Waals surface area contributed by atoms with E-state index in [0.29, 0.717) is 11.8 Å². The summed E-state index contributed by atoms with van der Waals surface area (Å²) in [6, 6.07) is 22.3. The molecule has 0 saturated carbocycles. The molecule has 5 nitrogen and oxygen atoms in total. The van der Waals surface area contributed by atoms with E-state index in [0.717, 1.165) is 37.3 Å². The van der Waals surface area contributed by atoms with Gasteiger partial charge in [-0.3, -0.25) is 4.40 Å². The quantitative estimate of drug-likeness (QED) is 0.384. The number of hydrogen-bond donors (Lipinski definition) is 0. The Bertz CT molecular complexity index is 1480. The predicted molar refractivity (Wildman–Crippen MR) is 112 cm³/mol. The van der Waals surface area contributed by atoms with Crippen LogP contribution in [0.4, 0.5) is 0 Å². The number of aryl methyl sites for hydroxylation is 1.